The maximum atomic E-state index is 11.0. The Hall–Kier alpha value is -1.61. The Morgan fingerprint density at radius 3 is 2.73 bits per heavy atom. The molecule has 1 aromatic carbocycles. The highest BCUT2D eigenvalue weighted by Crippen LogP contribution is 2.11. The Morgan fingerprint density at radius 2 is 2.13 bits per heavy atom. The SMILES string of the molecule is COC(=O)C(=O)C=Cc1cccc(Cl)c1. The van der Waals surface area contributed by atoms with E-state index < -0.39 is 11.8 Å². The Bertz CT molecular complexity index is 410. The number of benzene rings is 1. The van der Waals surface area contributed by atoms with Crippen LogP contribution in [0.15, 0.2) is 30.3 Å². The Kier molecular flexibility index (Phi) is 4.06. The maximum absolute atomic E-state index is 11.0. The van der Waals surface area contributed by atoms with Crippen LogP contribution in [0.2, 0.25) is 5.02 Å². The lowest BCUT2D eigenvalue weighted by atomic mass is 10.2. The van der Waals surface area contributed by atoms with Gasteiger partial charge in [0, 0.05) is 5.02 Å². The largest absolute Gasteiger partial charge is 0.463 e. The van der Waals surface area contributed by atoms with E-state index in [1.807, 2.05) is 0 Å². The van der Waals surface area contributed by atoms with Crippen LogP contribution in [-0.2, 0) is 14.3 Å². The van der Waals surface area contributed by atoms with Gasteiger partial charge in [0.25, 0.3) is 5.78 Å². The topological polar surface area (TPSA) is 43.4 Å². The summed E-state index contributed by atoms with van der Waals surface area (Å²) in [6, 6.07) is 6.93. The van der Waals surface area contributed by atoms with Crippen LogP contribution in [0.4, 0.5) is 0 Å². The fourth-order valence-electron chi connectivity index (χ4n) is 0.951. The van der Waals surface area contributed by atoms with Gasteiger partial charge < -0.3 is 4.74 Å². The van der Waals surface area contributed by atoms with Crippen LogP contribution in [0.5, 0.6) is 0 Å². The van der Waals surface area contributed by atoms with Gasteiger partial charge in [0.15, 0.2) is 0 Å². The van der Waals surface area contributed by atoms with Crippen LogP contribution in [0, 0.1) is 0 Å². The molecule has 0 aromatic heterocycles. The minimum atomic E-state index is -0.881. The van der Waals surface area contributed by atoms with Crippen molar-refractivity contribution >= 4 is 29.4 Å². The van der Waals surface area contributed by atoms with E-state index >= 15 is 0 Å². The molecule has 78 valence electrons. The highest BCUT2D eigenvalue weighted by molar-refractivity contribution is 6.39. The molecule has 1 aromatic rings. The van der Waals surface area contributed by atoms with Gasteiger partial charge in [0.05, 0.1) is 7.11 Å². The number of esters is 1. The molecule has 0 saturated carbocycles. The molecule has 0 spiro atoms. The number of carbonyl (C=O) groups is 2. The first-order valence-corrected chi connectivity index (χ1v) is 4.57. The first kappa shape index (κ1) is 11.5. The molecule has 3 nitrogen and oxygen atoms in total. The molecule has 0 aliphatic heterocycles. The zero-order chi connectivity index (χ0) is 11.3. The Labute approximate surface area is 92.3 Å². The van der Waals surface area contributed by atoms with Crippen LogP contribution in [0.3, 0.4) is 0 Å². The molecule has 0 aliphatic rings. The van der Waals surface area contributed by atoms with E-state index in [0.29, 0.717) is 5.02 Å². The van der Waals surface area contributed by atoms with Gasteiger partial charge in [-0.1, -0.05) is 29.8 Å². The Morgan fingerprint density at radius 1 is 1.40 bits per heavy atom. The van der Waals surface area contributed by atoms with Crippen LogP contribution in [-0.4, -0.2) is 18.9 Å². The summed E-state index contributed by atoms with van der Waals surface area (Å²) in [5.74, 6) is -1.58. The fraction of sp³-hybridized carbons (Fsp3) is 0.0909. The average Bonchev–Trinajstić information content (AvgIpc) is 2.25. The summed E-state index contributed by atoms with van der Waals surface area (Å²) in [6.45, 7) is 0. The van der Waals surface area contributed by atoms with Crippen LogP contribution >= 0.6 is 11.6 Å². The maximum Gasteiger partial charge on any atom is 0.378 e. The predicted molar refractivity (Wildman–Crippen MR) is 57.5 cm³/mol. The lowest BCUT2D eigenvalue weighted by Gasteiger charge is -1.94. The average molecular weight is 225 g/mol. The van der Waals surface area contributed by atoms with Gasteiger partial charge in [-0.2, -0.15) is 0 Å². The number of carbonyl (C=O) groups excluding carboxylic acids is 2. The molecule has 0 unspecified atom stereocenters. The molecule has 0 radical (unpaired) electrons. The van der Waals surface area contributed by atoms with Gasteiger partial charge >= 0.3 is 5.97 Å². The van der Waals surface area contributed by atoms with E-state index in [1.165, 1.54) is 6.08 Å². The first-order valence-electron chi connectivity index (χ1n) is 4.19. The number of ketones is 1. The minimum Gasteiger partial charge on any atom is -0.463 e. The number of hydrogen-bond acceptors (Lipinski definition) is 3. The van der Waals surface area contributed by atoms with Crippen molar-refractivity contribution in [1.29, 1.82) is 0 Å². The van der Waals surface area contributed by atoms with Gasteiger partial charge in [-0.25, -0.2) is 4.79 Å². The first-order chi connectivity index (χ1) is 7.13. The fourth-order valence-corrected chi connectivity index (χ4v) is 1.15. The third kappa shape index (κ3) is 3.56. The van der Waals surface area contributed by atoms with Crippen molar-refractivity contribution < 1.29 is 14.3 Å². The third-order valence-electron chi connectivity index (χ3n) is 1.66. The number of hydrogen-bond donors (Lipinski definition) is 0. The van der Waals surface area contributed by atoms with Crippen LogP contribution in [0.1, 0.15) is 5.56 Å². The molecular weight excluding hydrogens is 216 g/mol. The molecule has 0 amide bonds. The van der Waals surface area contributed by atoms with Gasteiger partial charge in [-0.3, -0.25) is 4.79 Å². The summed E-state index contributed by atoms with van der Waals surface area (Å²) in [6.07, 6.45) is 2.66. The molecule has 0 saturated heterocycles. The van der Waals surface area contributed by atoms with Gasteiger partial charge in [-0.05, 0) is 23.8 Å². The van der Waals surface area contributed by atoms with E-state index in [-0.39, 0.29) is 0 Å². The molecule has 4 heteroatoms. The zero-order valence-electron chi connectivity index (χ0n) is 8.07. The lowest BCUT2D eigenvalue weighted by molar-refractivity contribution is -0.149. The van der Waals surface area contributed by atoms with E-state index in [2.05, 4.69) is 4.74 Å². The quantitative estimate of drug-likeness (QED) is 0.449. The lowest BCUT2D eigenvalue weighted by Crippen LogP contribution is -2.11. The minimum absolute atomic E-state index is 0.572. The molecule has 0 bridgehead atoms. The van der Waals surface area contributed by atoms with E-state index in [1.54, 1.807) is 24.3 Å². The van der Waals surface area contributed by atoms with Gasteiger partial charge in [0.1, 0.15) is 0 Å². The molecule has 0 atom stereocenters. The van der Waals surface area contributed by atoms with Crippen molar-refractivity contribution in [2.75, 3.05) is 7.11 Å². The van der Waals surface area contributed by atoms with E-state index in [4.69, 9.17) is 11.6 Å². The molecule has 1 rings (SSSR count). The molecule has 0 aliphatic carbocycles. The van der Waals surface area contributed by atoms with Crippen molar-refractivity contribution in [2.24, 2.45) is 0 Å². The summed E-state index contributed by atoms with van der Waals surface area (Å²) >= 11 is 5.74. The van der Waals surface area contributed by atoms with Gasteiger partial charge in [-0.15, -0.1) is 0 Å². The molecule has 0 N–H and O–H groups in total. The third-order valence-corrected chi connectivity index (χ3v) is 1.90. The molecule has 0 fully saturated rings. The second-order valence-electron chi connectivity index (χ2n) is 2.74. The normalized spacial score (nSPS) is 10.3. The number of methoxy groups -OCH3 is 1. The summed E-state index contributed by atoms with van der Waals surface area (Å²) < 4.78 is 4.26. The van der Waals surface area contributed by atoms with Crippen molar-refractivity contribution in [3.63, 3.8) is 0 Å². The van der Waals surface area contributed by atoms with Crippen molar-refractivity contribution in [3.8, 4) is 0 Å². The monoisotopic (exact) mass is 224 g/mol. The van der Waals surface area contributed by atoms with Crippen LogP contribution in [0.25, 0.3) is 6.08 Å². The predicted octanol–water partition coefficient (Wildman–Crippen LogP) is 2.10. The zero-order valence-corrected chi connectivity index (χ0v) is 8.82. The summed E-state index contributed by atoms with van der Waals surface area (Å²) in [5.41, 5.74) is 0.750. The molecule has 15 heavy (non-hydrogen) atoms. The van der Waals surface area contributed by atoms with Crippen molar-refractivity contribution in [3.05, 3.63) is 40.9 Å². The second-order valence-corrected chi connectivity index (χ2v) is 3.18. The number of rotatable bonds is 3. The standard InChI is InChI=1S/C11H9ClO3/c1-15-11(14)10(13)6-5-8-3-2-4-9(12)7-8/h2-7H,1H3. The summed E-state index contributed by atoms with van der Waals surface area (Å²) in [7, 11) is 1.16. The summed E-state index contributed by atoms with van der Waals surface area (Å²) in [4.78, 5) is 21.8. The van der Waals surface area contributed by atoms with E-state index in [9.17, 15) is 9.59 Å². The number of halogens is 1. The van der Waals surface area contributed by atoms with Crippen molar-refractivity contribution in [2.45, 2.75) is 0 Å². The summed E-state index contributed by atoms with van der Waals surface area (Å²) in [5, 5.41) is 0.572. The van der Waals surface area contributed by atoms with Crippen LogP contribution < -0.4 is 0 Å². The van der Waals surface area contributed by atoms with Crippen molar-refractivity contribution in [1.82, 2.24) is 0 Å². The second kappa shape index (κ2) is 5.32. The highest BCUT2D eigenvalue weighted by atomic mass is 35.5. The van der Waals surface area contributed by atoms with Gasteiger partial charge in [0.2, 0.25) is 0 Å². The molecule has 0 heterocycles. The Balaban J connectivity index is 2.74. The number of ether oxygens (including phenoxy) is 1. The van der Waals surface area contributed by atoms with E-state index in [0.717, 1.165) is 18.7 Å². The highest BCUT2D eigenvalue weighted by Gasteiger charge is 2.08. The molecular formula is C11H9ClO3. The smallest absolute Gasteiger partial charge is 0.378 e.